The Morgan fingerprint density at radius 1 is 1.30 bits per heavy atom. The van der Waals surface area contributed by atoms with Crippen LogP contribution in [0.5, 0.6) is 11.5 Å². The molecule has 0 atom stereocenters. The zero-order chi connectivity index (χ0) is 16.4. The van der Waals surface area contributed by atoms with E-state index in [-0.39, 0.29) is 0 Å². The summed E-state index contributed by atoms with van der Waals surface area (Å²) in [6.45, 7) is 5.34. The molecular formula is C17H22BrN3O2. The van der Waals surface area contributed by atoms with Gasteiger partial charge in [-0.1, -0.05) is 22.9 Å². The molecule has 1 aliphatic rings. The fourth-order valence-electron chi connectivity index (χ4n) is 3.19. The van der Waals surface area contributed by atoms with Gasteiger partial charge in [0.15, 0.2) is 11.5 Å². The molecule has 2 aromatic rings. The summed E-state index contributed by atoms with van der Waals surface area (Å²) in [7, 11) is 3.31. The van der Waals surface area contributed by atoms with Gasteiger partial charge >= 0.3 is 0 Å². The van der Waals surface area contributed by atoms with E-state index in [1.807, 2.05) is 12.1 Å². The van der Waals surface area contributed by atoms with Gasteiger partial charge in [0.05, 0.1) is 14.2 Å². The van der Waals surface area contributed by atoms with Gasteiger partial charge in [-0.05, 0) is 25.1 Å². The lowest BCUT2D eigenvalue weighted by Crippen LogP contribution is -2.31. The van der Waals surface area contributed by atoms with Crippen LogP contribution < -0.4 is 9.47 Å². The van der Waals surface area contributed by atoms with Crippen LogP contribution in [-0.2, 0) is 13.0 Å². The second kappa shape index (κ2) is 6.93. The van der Waals surface area contributed by atoms with Gasteiger partial charge in [-0.3, -0.25) is 10.00 Å². The average Bonchev–Trinajstić information content (AvgIpc) is 2.97. The Labute approximate surface area is 145 Å². The maximum atomic E-state index is 5.60. The Balaban J connectivity index is 2.07. The minimum Gasteiger partial charge on any atom is -0.493 e. The Morgan fingerprint density at radius 3 is 2.83 bits per heavy atom. The summed E-state index contributed by atoms with van der Waals surface area (Å²) in [6, 6.07) is 3.95. The molecule has 3 rings (SSSR count). The molecule has 1 aromatic heterocycles. The molecule has 2 heterocycles. The van der Waals surface area contributed by atoms with Crippen LogP contribution in [0, 0.1) is 0 Å². The Hall–Kier alpha value is -1.53. The van der Waals surface area contributed by atoms with Crippen LogP contribution in [0.25, 0.3) is 11.3 Å². The first kappa shape index (κ1) is 16.3. The first-order valence-corrected chi connectivity index (χ1v) is 8.67. The summed E-state index contributed by atoms with van der Waals surface area (Å²) in [5, 5.41) is 7.79. The fraction of sp³-hybridized carbons (Fsp3) is 0.471. The summed E-state index contributed by atoms with van der Waals surface area (Å²) in [6.07, 6.45) is 2.17. The lowest BCUT2D eigenvalue weighted by Gasteiger charge is -2.26. The molecule has 1 N–H and O–H groups in total. The number of nitrogens with zero attached hydrogens (tertiary/aromatic N) is 2. The predicted molar refractivity (Wildman–Crippen MR) is 94.1 cm³/mol. The third kappa shape index (κ3) is 3.10. The topological polar surface area (TPSA) is 50.4 Å². The molecule has 0 bridgehead atoms. The van der Waals surface area contributed by atoms with Gasteiger partial charge in [0.2, 0.25) is 0 Å². The maximum Gasteiger partial charge on any atom is 0.170 e. The number of aromatic nitrogens is 2. The molecule has 0 unspecified atom stereocenters. The standard InChI is InChI=1S/C17H22BrN3O2/c1-4-6-21-7-5-14-13(10-21)16(20-19-14)12-8-11(18)9-15(22-2)17(12)23-3/h8-9H,4-7,10H2,1-3H3,(H,19,20). The first-order valence-electron chi connectivity index (χ1n) is 7.88. The maximum absolute atomic E-state index is 5.60. The van der Waals surface area contributed by atoms with Crippen LogP contribution in [0.3, 0.4) is 0 Å². The van der Waals surface area contributed by atoms with Gasteiger partial charge in [0.1, 0.15) is 5.69 Å². The molecule has 0 amide bonds. The third-order valence-electron chi connectivity index (χ3n) is 4.25. The molecule has 23 heavy (non-hydrogen) atoms. The number of nitrogens with one attached hydrogen (secondary N) is 1. The largest absolute Gasteiger partial charge is 0.493 e. The second-order valence-electron chi connectivity index (χ2n) is 5.74. The number of methoxy groups -OCH3 is 2. The van der Waals surface area contributed by atoms with Crippen molar-refractivity contribution in [1.29, 1.82) is 0 Å². The van der Waals surface area contributed by atoms with Crippen LogP contribution in [0.2, 0.25) is 0 Å². The van der Waals surface area contributed by atoms with Crippen LogP contribution in [0.1, 0.15) is 24.6 Å². The first-order chi connectivity index (χ1) is 11.2. The van der Waals surface area contributed by atoms with Gasteiger partial charge in [-0.15, -0.1) is 0 Å². The van der Waals surface area contributed by atoms with E-state index in [0.29, 0.717) is 5.75 Å². The minimum absolute atomic E-state index is 0.704. The van der Waals surface area contributed by atoms with E-state index >= 15 is 0 Å². The minimum atomic E-state index is 0.704. The number of hydrogen-bond donors (Lipinski definition) is 1. The monoisotopic (exact) mass is 379 g/mol. The van der Waals surface area contributed by atoms with Gasteiger partial charge in [0, 0.05) is 40.8 Å². The zero-order valence-corrected chi connectivity index (χ0v) is 15.4. The molecule has 5 nitrogen and oxygen atoms in total. The lowest BCUT2D eigenvalue weighted by molar-refractivity contribution is 0.254. The highest BCUT2D eigenvalue weighted by Crippen LogP contribution is 2.42. The van der Waals surface area contributed by atoms with Crippen LogP contribution in [-0.4, -0.2) is 42.4 Å². The van der Waals surface area contributed by atoms with Crippen molar-refractivity contribution in [2.24, 2.45) is 0 Å². The van der Waals surface area contributed by atoms with Gasteiger partial charge in [0.25, 0.3) is 0 Å². The Bertz CT molecular complexity index is 699. The van der Waals surface area contributed by atoms with Crippen molar-refractivity contribution in [2.45, 2.75) is 26.3 Å². The summed E-state index contributed by atoms with van der Waals surface area (Å²) < 4.78 is 12.0. The van der Waals surface area contributed by atoms with E-state index in [1.54, 1.807) is 14.2 Å². The van der Waals surface area contributed by atoms with E-state index in [2.05, 4.69) is 38.0 Å². The number of benzene rings is 1. The smallest absolute Gasteiger partial charge is 0.170 e. The number of rotatable bonds is 5. The molecule has 0 fully saturated rings. The Morgan fingerprint density at radius 2 is 2.13 bits per heavy atom. The summed E-state index contributed by atoms with van der Waals surface area (Å²) >= 11 is 3.55. The van der Waals surface area contributed by atoms with Crippen molar-refractivity contribution < 1.29 is 9.47 Å². The molecule has 6 heteroatoms. The third-order valence-corrected chi connectivity index (χ3v) is 4.71. The SMILES string of the molecule is CCCN1CCc2[nH]nc(-c3cc(Br)cc(OC)c3OC)c2C1. The van der Waals surface area contributed by atoms with Crippen molar-refractivity contribution in [2.75, 3.05) is 27.3 Å². The molecule has 0 saturated carbocycles. The van der Waals surface area contributed by atoms with Crippen molar-refractivity contribution >= 4 is 15.9 Å². The van der Waals surface area contributed by atoms with E-state index in [1.165, 1.54) is 11.3 Å². The van der Waals surface area contributed by atoms with E-state index in [0.717, 1.165) is 54.0 Å². The normalized spacial score (nSPS) is 14.6. The van der Waals surface area contributed by atoms with E-state index < -0.39 is 0 Å². The molecular weight excluding hydrogens is 358 g/mol. The van der Waals surface area contributed by atoms with E-state index in [4.69, 9.17) is 9.47 Å². The predicted octanol–water partition coefficient (Wildman–Crippen LogP) is 3.62. The van der Waals surface area contributed by atoms with Gasteiger partial charge < -0.3 is 9.47 Å². The summed E-state index contributed by atoms with van der Waals surface area (Å²) in [5.74, 6) is 1.42. The highest BCUT2D eigenvalue weighted by molar-refractivity contribution is 9.10. The van der Waals surface area contributed by atoms with Crippen molar-refractivity contribution in [1.82, 2.24) is 15.1 Å². The van der Waals surface area contributed by atoms with Crippen molar-refractivity contribution in [3.8, 4) is 22.8 Å². The number of aromatic amines is 1. The molecule has 0 saturated heterocycles. The number of halogens is 1. The van der Waals surface area contributed by atoms with Gasteiger partial charge in [-0.25, -0.2) is 0 Å². The van der Waals surface area contributed by atoms with Crippen LogP contribution >= 0.6 is 15.9 Å². The molecule has 124 valence electrons. The van der Waals surface area contributed by atoms with E-state index in [9.17, 15) is 0 Å². The average molecular weight is 380 g/mol. The number of ether oxygens (including phenoxy) is 2. The van der Waals surface area contributed by atoms with Crippen LogP contribution in [0.4, 0.5) is 0 Å². The van der Waals surface area contributed by atoms with Crippen LogP contribution in [0.15, 0.2) is 16.6 Å². The fourth-order valence-corrected chi connectivity index (χ4v) is 3.62. The second-order valence-corrected chi connectivity index (χ2v) is 6.66. The molecule has 1 aromatic carbocycles. The van der Waals surface area contributed by atoms with Crippen molar-refractivity contribution in [3.05, 3.63) is 27.9 Å². The molecule has 1 aliphatic heterocycles. The lowest BCUT2D eigenvalue weighted by atomic mass is 10.00. The highest BCUT2D eigenvalue weighted by Gasteiger charge is 2.25. The molecule has 0 aliphatic carbocycles. The quantitative estimate of drug-likeness (QED) is 0.861. The summed E-state index contributed by atoms with van der Waals surface area (Å²) in [5.41, 5.74) is 4.41. The number of H-pyrrole nitrogens is 1. The molecule has 0 radical (unpaired) electrons. The zero-order valence-electron chi connectivity index (χ0n) is 13.8. The van der Waals surface area contributed by atoms with Gasteiger partial charge in [-0.2, -0.15) is 5.10 Å². The number of fused-ring (bicyclic) bond motifs is 1. The highest BCUT2D eigenvalue weighted by atomic mass is 79.9. The number of hydrogen-bond acceptors (Lipinski definition) is 4. The summed E-state index contributed by atoms with van der Waals surface area (Å²) in [4.78, 5) is 2.48. The Kier molecular flexibility index (Phi) is 4.92. The van der Waals surface area contributed by atoms with Crippen molar-refractivity contribution in [3.63, 3.8) is 0 Å². The molecule has 0 spiro atoms.